The van der Waals surface area contributed by atoms with Crippen LogP contribution in [-0.2, 0) is 0 Å². The van der Waals surface area contributed by atoms with E-state index in [2.05, 4.69) is 34.0 Å². The molecule has 0 unspecified atom stereocenters. The summed E-state index contributed by atoms with van der Waals surface area (Å²) < 4.78 is 1.73. The van der Waals surface area contributed by atoms with Crippen LogP contribution in [-0.4, -0.2) is 7.99 Å². The number of hydrogen-bond acceptors (Lipinski definition) is 2. The Hall–Kier alpha value is -1.35. The van der Waals surface area contributed by atoms with E-state index in [1.165, 1.54) is 0 Å². The number of halogens is 1. The molecule has 0 saturated heterocycles. The molecule has 0 aliphatic rings. The van der Waals surface area contributed by atoms with Crippen molar-refractivity contribution in [1.29, 1.82) is 5.26 Å². The maximum absolute atomic E-state index is 8.63. The number of rotatable bonds is 1. The Morgan fingerprint density at radius 1 is 1.21 bits per heavy atom. The van der Waals surface area contributed by atoms with Gasteiger partial charge in [0.2, 0.25) is 0 Å². The second-order valence-electron chi connectivity index (χ2n) is 2.78. The zero-order valence-corrected chi connectivity index (χ0v) is 9.34. The van der Waals surface area contributed by atoms with Crippen LogP contribution in [0.1, 0.15) is 5.56 Å². The zero-order chi connectivity index (χ0) is 9.97. The highest BCUT2D eigenvalue weighted by atomic mass is 127. The number of nitriles is 1. The summed E-state index contributed by atoms with van der Waals surface area (Å²) in [5, 5.41) is 12.9. The summed E-state index contributed by atoms with van der Waals surface area (Å²) in [5.41, 5.74) is 2.62. The molecular formula is C10H6IN3. The summed E-state index contributed by atoms with van der Waals surface area (Å²) in [6, 6.07) is 11.4. The minimum absolute atomic E-state index is 0.669. The number of aromatic nitrogens is 2. The zero-order valence-electron chi connectivity index (χ0n) is 7.18. The van der Waals surface area contributed by atoms with E-state index >= 15 is 0 Å². The number of nitrogens with zero attached hydrogens (tertiary/aromatic N) is 3. The summed E-state index contributed by atoms with van der Waals surface area (Å²) in [4.78, 5) is 0. The maximum atomic E-state index is 8.63. The van der Waals surface area contributed by atoms with E-state index in [1.54, 1.807) is 15.0 Å². The van der Waals surface area contributed by atoms with Gasteiger partial charge in [-0.2, -0.15) is 10.4 Å². The summed E-state index contributed by atoms with van der Waals surface area (Å²) in [5.74, 6) is 0. The lowest BCUT2D eigenvalue weighted by Crippen LogP contribution is -1.82. The Balaban J connectivity index is 2.39. The first-order valence-electron chi connectivity index (χ1n) is 4.02. The van der Waals surface area contributed by atoms with Gasteiger partial charge < -0.3 is 0 Å². The van der Waals surface area contributed by atoms with Crippen molar-refractivity contribution in [3.63, 3.8) is 0 Å². The monoisotopic (exact) mass is 295 g/mol. The van der Waals surface area contributed by atoms with E-state index in [9.17, 15) is 0 Å². The molecule has 0 saturated carbocycles. The lowest BCUT2D eigenvalue weighted by atomic mass is 10.1. The average molecular weight is 295 g/mol. The molecule has 0 aliphatic heterocycles. The molecule has 1 aromatic carbocycles. The van der Waals surface area contributed by atoms with E-state index in [1.807, 2.05) is 24.4 Å². The van der Waals surface area contributed by atoms with E-state index in [0.717, 1.165) is 11.3 Å². The Bertz CT molecular complexity index is 479. The Morgan fingerprint density at radius 3 is 2.43 bits per heavy atom. The lowest BCUT2D eigenvalue weighted by molar-refractivity contribution is 1.06. The van der Waals surface area contributed by atoms with Gasteiger partial charge >= 0.3 is 0 Å². The third-order valence-corrected chi connectivity index (χ3v) is 2.41. The third-order valence-electron chi connectivity index (χ3n) is 1.87. The topological polar surface area (TPSA) is 41.6 Å². The Labute approximate surface area is 95.5 Å². The van der Waals surface area contributed by atoms with Crippen LogP contribution in [0.15, 0.2) is 36.5 Å². The molecule has 0 fully saturated rings. The summed E-state index contributed by atoms with van der Waals surface area (Å²) in [7, 11) is 0. The fourth-order valence-electron chi connectivity index (χ4n) is 1.17. The molecule has 1 aromatic heterocycles. The first-order valence-corrected chi connectivity index (χ1v) is 4.98. The SMILES string of the molecule is N#Cc1ccc(-c2ccn(I)n2)cc1. The van der Waals surface area contributed by atoms with Crippen molar-refractivity contribution in [1.82, 2.24) is 7.99 Å². The highest BCUT2D eigenvalue weighted by Gasteiger charge is 2.00. The number of benzene rings is 1. The van der Waals surface area contributed by atoms with E-state index in [0.29, 0.717) is 5.56 Å². The van der Waals surface area contributed by atoms with E-state index < -0.39 is 0 Å². The highest BCUT2D eigenvalue weighted by Crippen LogP contribution is 2.17. The van der Waals surface area contributed by atoms with Crippen molar-refractivity contribution in [3.05, 3.63) is 42.1 Å². The smallest absolute Gasteiger partial charge is 0.0991 e. The first-order chi connectivity index (χ1) is 6.79. The Kier molecular flexibility index (Phi) is 2.50. The summed E-state index contributed by atoms with van der Waals surface area (Å²) >= 11 is 2.09. The van der Waals surface area contributed by atoms with Gasteiger partial charge in [-0.05, 0) is 18.2 Å². The second-order valence-corrected chi connectivity index (χ2v) is 3.77. The van der Waals surface area contributed by atoms with Gasteiger partial charge in [-0.15, -0.1) is 0 Å². The summed E-state index contributed by atoms with van der Waals surface area (Å²) in [6.45, 7) is 0. The largest absolute Gasteiger partial charge is 0.211 e. The molecule has 0 aliphatic carbocycles. The molecule has 0 atom stereocenters. The van der Waals surface area contributed by atoms with Crippen LogP contribution < -0.4 is 0 Å². The van der Waals surface area contributed by atoms with E-state index in [4.69, 9.17) is 5.26 Å². The van der Waals surface area contributed by atoms with Gasteiger partial charge in [0.1, 0.15) is 0 Å². The van der Waals surface area contributed by atoms with Gasteiger partial charge in [-0.3, -0.25) is 0 Å². The molecular weight excluding hydrogens is 289 g/mol. The average Bonchev–Trinajstić information content (AvgIpc) is 2.65. The minimum Gasteiger partial charge on any atom is -0.211 e. The summed E-state index contributed by atoms with van der Waals surface area (Å²) in [6.07, 6.45) is 1.88. The highest BCUT2D eigenvalue weighted by molar-refractivity contribution is 14.1. The van der Waals surface area contributed by atoms with Crippen LogP contribution in [0, 0.1) is 11.3 Å². The lowest BCUT2D eigenvalue weighted by Gasteiger charge is -1.95. The predicted molar refractivity (Wildman–Crippen MR) is 61.8 cm³/mol. The minimum atomic E-state index is 0.669. The van der Waals surface area contributed by atoms with Crippen LogP contribution in [0.4, 0.5) is 0 Å². The van der Waals surface area contributed by atoms with Crippen molar-refractivity contribution in [2.45, 2.75) is 0 Å². The molecule has 0 N–H and O–H groups in total. The van der Waals surface area contributed by atoms with Crippen LogP contribution in [0.3, 0.4) is 0 Å². The fourth-order valence-corrected chi connectivity index (χ4v) is 1.56. The molecule has 2 rings (SSSR count). The molecule has 68 valence electrons. The van der Waals surface area contributed by atoms with Crippen LogP contribution in [0.25, 0.3) is 11.3 Å². The van der Waals surface area contributed by atoms with Gasteiger partial charge in [-0.1, -0.05) is 12.1 Å². The molecule has 0 radical (unpaired) electrons. The normalized spacial score (nSPS) is 9.71. The Morgan fingerprint density at radius 2 is 1.93 bits per heavy atom. The van der Waals surface area contributed by atoms with Crippen molar-refractivity contribution in [3.8, 4) is 17.3 Å². The second kappa shape index (κ2) is 3.80. The van der Waals surface area contributed by atoms with Gasteiger partial charge in [-0.25, -0.2) is 2.90 Å². The van der Waals surface area contributed by atoms with Crippen molar-refractivity contribution in [2.75, 3.05) is 0 Å². The molecule has 0 bridgehead atoms. The van der Waals surface area contributed by atoms with Gasteiger partial charge in [0, 0.05) is 11.8 Å². The maximum Gasteiger partial charge on any atom is 0.0991 e. The van der Waals surface area contributed by atoms with Crippen molar-refractivity contribution in [2.24, 2.45) is 0 Å². The molecule has 0 spiro atoms. The molecule has 4 heteroatoms. The quantitative estimate of drug-likeness (QED) is 0.759. The van der Waals surface area contributed by atoms with Gasteiger partial charge in [0.05, 0.1) is 40.2 Å². The first kappa shape index (κ1) is 9.21. The molecule has 3 nitrogen and oxygen atoms in total. The predicted octanol–water partition coefficient (Wildman–Crippen LogP) is 2.62. The van der Waals surface area contributed by atoms with E-state index in [-0.39, 0.29) is 0 Å². The van der Waals surface area contributed by atoms with Gasteiger partial charge in [0.25, 0.3) is 0 Å². The molecule has 2 aromatic rings. The van der Waals surface area contributed by atoms with Crippen molar-refractivity contribution < 1.29 is 0 Å². The standard InChI is InChI=1S/C10H6IN3/c11-14-6-5-10(13-14)9-3-1-8(7-12)2-4-9/h1-6H. The molecule has 0 amide bonds. The van der Waals surface area contributed by atoms with Crippen LogP contribution in [0.2, 0.25) is 0 Å². The number of hydrogen-bond donors (Lipinski definition) is 0. The third kappa shape index (κ3) is 1.77. The molecule has 1 heterocycles. The fraction of sp³-hybridized carbons (Fsp3) is 0. The van der Waals surface area contributed by atoms with Crippen LogP contribution in [0.5, 0.6) is 0 Å². The molecule has 14 heavy (non-hydrogen) atoms. The van der Waals surface area contributed by atoms with Crippen LogP contribution >= 0.6 is 22.9 Å². The van der Waals surface area contributed by atoms with Gasteiger partial charge in [0.15, 0.2) is 0 Å². The van der Waals surface area contributed by atoms with Crippen molar-refractivity contribution >= 4 is 22.9 Å².